The number of carboxylic acids is 1. The highest BCUT2D eigenvalue weighted by Crippen LogP contribution is 2.41. The number of alkyl halides is 6. The number of likely N-dealkylation sites (tertiary alicyclic amines) is 1. The highest BCUT2D eigenvalue weighted by molar-refractivity contribution is 5.99. The van der Waals surface area contributed by atoms with Gasteiger partial charge in [0.2, 0.25) is 0 Å². The monoisotopic (exact) mass is 701 g/mol. The second-order valence-corrected chi connectivity index (χ2v) is 12.5. The van der Waals surface area contributed by atoms with Crippen LogP contribution in [0.3, 0.4) is 0 Å². The Balaban J connectivity index is 1.31. The molecule has 3 aliphatic rings. The van der Waals surface area contributed by atoms with Gasteiger partial charge in [-0.1, -0.05) is 12.1 Å². The normalized spacial score (nSPS) is 19.7. The van der Waals surface area contributed by atoms with Crippen molar-refractivity contribution in [1.29, 1.82) is 0 Å². The largest absolute Gasteiger partial charge is 0.478 e. The molecule has 3 aromatic carbocycles. The lowest BCUT2D eigenvalue weighted by molar-refractivity contribution is -0.143. The van der Waals surface area contributed by atoms with Gasteiger partial charge in [0, 0.05) is 25.2 Å². The van der Waals surface area contributed by atoms with Gasteiger partial charge < -0.3 is 14.7 Å². The Kier molecular flexibility index (Phi) is 8.99. The zero-order chi connectivity index (χ0) is 36.1. The van der Waals surface area contributed by atoms with E-state index in [9.17, 15) is 41.0 Å². The second kappa shape index (κ2) is 13.0. The summed E-state index contributed by atoms with van der Waals surface area (Å²) in [4.78, 5) is 32.6. The summed E-state index contributed by atoms with van der Waals surface area (Å²) in [7, 11) is 0. The molecule has 0 radical (unpaired) electrons. The minimum atomic E-state index is -5.07. The van der Waals surface area contributed by atoms with E-state index in [-0.39, 0.29) is 24.6 Å². The maximum atomic E-state index is 15.1. The number of amides is 1. The van der Waals surface area contributed by atoms with Gasteiger partial charge in [0.1, 0.15) is 17.7 Å². The molecule has 50 heavy (non-hydrogen) atoms. The molecule has 0 aliphatic carbocycles. The number of ether oxygens (including phenoxy) is 1. The molecule has 2 saturated heterocycles. The summed E-state index contributed by atoms with van der Waals surface area (Å²) in [6.07, 6.45) is -7.90. The van der Waals surface area contributed by atoms with Crippen molar-refractivity contribution in [2.75, 3.05) is 19.6 Å². The SMILES string of the molecule is Cc1cc(C(=O)O)ccc1-c1cc(F)cc(C2=CC=C(N3CCC3)N=C(CN3C(=O)O[C@H](c4cc(C(F)(F)F)cc(C(F)(F)F)c4)[C@@H]3C)C2)c1. The Morgan fingerprint density at radius 1 is 0.940 bits per heavy atom. The van der Waals surface area contributed by atoms with E-state index >= 15 is 4.39 Å². The topological polar surface area (TPSA) is 82.4 Å². The maximum Gasteiger partial charge on any atom is 0.416 e. The number of halogens is 7. The van der Waals surface area contributed by atoms with Gasteiger partial charge in [-0.15, -0.1) is 0 Å². The lowest BCUT2D eigenvalue weighted by atomic mass is 9.93. The molecule has 6 rings (SSSR count). The number of aromatic carboxylic acids is 1. The summed E-state index contributed by atoms with van der Waals surface area (Å²) < 4.78 is 102. The maximum absolute atomic E-state index is 15.1. The quantitative estimate of drug-likeness (QED) is 0.249. The fourth-order valence-electron chi connectivity index (χ4n) is 6.25. The van der Waals surface area contributed by atoms with E-state index in [2.05, 4.69) is 0 Å². The average Bonchev–Trinajstić information content (AvgIpc) is 3.15. The van der Waals surface area contributed by atoms with Gasteiger partial charge in [0.25, 0.3) is 0 Å². The van der Waals surface area contributed by atoms with Crippen molar-refractivity contribution >= 4 is 23.3 Å². The van der Waals surface area contributed by atoms with Crippen molar-refractivity contribution in [3.63, 3.8) is 0 Å². The number of nitrogens with zero attached hydrogens (tertiary/aromatic N) is 3. The predicted molar refractivity (Wildman–Crippen MR) is 170 cm³/mol. The Hall–Kier alpha value is -5.14. The first kappa shape index (κ1) is 34.7. The van der Waals surface area contributed by atoms with E-state index in [4.69, 9.17) is 9.73 Å². The number of carboxylic acid groups (broad SMARTS) is 1. The molecule has 0 aromatic heterocycles. The van der Waals surface area contributed by atoms with Crippen LogP contribution in [0.25, 0.3) is 16.7 Å². The molecular weight excluding hydrogens is 671 g/mol. The van der Waals surface area contributed by atoms with Crippen LogP contribution in [-0.2, 0) is 17.1 Å². The Morgan fingerprint density at radius 3 is 2.18 bits per heavy atom. The van der Waals surface area contributed by atoms with Gasteiger partial charge in [-0.3, -0.25) is 4.90 Å². The lowest BCUT2D eigenvalue weighted by Crippen LogP contribution is -2.38. The molecule has 262 valence electrons. The Labute approximate surface area is 282 Å². The van der Waals surface area contributed by atoms with E-state index < -0.39 is 59.1 Å². The number of hydrogen-bond acceptors (Lipinski definition) is 5. The highest BCUT2D eigenvalue weighted by atomic mass is 19.4. The van der Waals surface area contributed by atoms with Gasteiger partial charge in [0.15, 0.2) is 0 Å². The molecule has 3 heterocycles. The third kappa shape index (κ3) is 7.10. The van der Waals surface area contributed by atoms with E-state index in [1.54, 1.807) is 31.2 Å². The zero-order valence-corrected chi connectivity index (χ0v) is 26.7. The number of rotatable bonds is 7. The number of cyclic esters (lactones) is 1. The van der Waals surface area contributed by atoms with Crippen LogP contribution in [0.1, 0.15) is 64.0 Å². The van der Waals surface area contributed by atoms with Crippen molar-refractivity contribution < 1.29 is 50.2 Å². The molecule has 3 aromatic rings. The number of carbonyl (C=O) groups is 2. The molecule has 0 saturated carbocycles. The Morgan fingerprint density at radius 2 is 1.60 bits per heavy atom. The van der Waals surface area contributed by atoms with Gasteiger partial charge in [0.05, 0.1) is 29.3 Å². The third-order valence-electron chi connectivity index (χ3n) is 9.02. The molecule has 2 fully saturated rings. The number of allylic oxidation sites excluding steroid dienone is 3. The second-order valence-electron chi connectivity index (χ2n) is 12.5. The van der Waals surface area contributed by atoms with Crippen LogP contribution in [0.4, 0.5) is 35.5 Å². The van der Waals surface area contributed by atoms with Gasteiger partial charge in [-0.05, 0) is 108 Å². The summed E-state index contributed by atoms with van der Waals surface area (Å²) in [5.74, 6) is -1.06. The fourth-order valence-corrected chi connectivity index (χ4v) is 6.25. The van der Waals surface area contributed by atoms with Crippen molar-refractivity contribution in [2.45, 2.75) is 51.2 Å². The average molecular weight is 702 g/mol. The molecule has 2 atom stereocenters. The number of carbonyl (C=O) groups excluding carboxylic acids is 1. The minimum Gasteiger partial charge on any atom is -0.478 e. The standard InChI is InChI=1S/C36H30F7N3O4/c1-19-10-22(33(47)48)4-6-30(19)24-11-23(14-28(37)15-24)21-5-7-31(45-8-3-9-45)44-29(16-21)18-46-20(2)32(50-34(46)49)25-12-26(35(38,39)40)17-27(13-25)36(41,42)43/h4-7,10-15,17,20,32H,3,8-9,16,18H2,1-2H3,(H,47,48)/t20-,32-/m0/s1. The molecular formula is C36H30F7N3O4. The first-order chi connectivity index (χ1) is 23.5. The predicted octanol–water partition coefficient (Wildman–Crippen LogP) is 8.89. The third-order valence-corrected chi connectivity index (χ3v) is 9.02. The minimum absolute atomic E-state index is 0.0186. The van der Waals surface area contributed by atoms with Crippen molar-refractivity contribution in [3.05, 3.63) is 112 Å². The number of hydrogen-bond donors (Lipinski definition) is 1. The molecule has 1 N–H and O–H groups in total. The Bertz CT molecular complexity index is 1930. The van der Waals surface area contributed by atoms with Crippen molar-refractivity contribution in [2.24, 2.45) is 4.99 Å². The molecule has 0 unspecified atom stereocenters. The summed E-state index contributed by atoms with van der Waals surface area (Å²) >= 11 is 0. The zero-order valence-electron chi connectivity index (χ0n) is 26.7. The van der Waals surface area contributed by atoms with E-state index in [0.717, 1.165) is 19.5 Å². The fraction of sp³-hybridized carbons (Fsp3) is 0.306. The molecule has 0 spiro atoms. The summed E-state index contributed by atoms with van der Waals surface area (Å²) in [6.45, 7) is 4.48. The van der Waals surface area contributed by atoms with Crippen LogP contribution < -0.4 is 0 Å². The van der Waals surface area contributed by atoms with Crippen LogP contribution in [0.15, 0.2) is 77.6 Å². The van der Waals surface area contributed by atoms with Crippen molar-refractivity contribution in [3.8, 4) is 11.1 Å². The van der Waals surface area contributed by atoms with Crippen LogP contribution in [0.2, 0.25) is 0 Å². The first-order valence-electron chi connectivity index (χ1n) is 15.6. The smallest absolute Gasteiger partial charge is 0.416 e. The molecule has 1 amide bonds. The molecule has 3 aliphatic heterocycles. The van der Waals surface area contributed by atoms with Crippen LogP contribution in [0.5, 0.6) is 0 Å². The lowest BCUT2D eigenvalue weighted by Gasteiger charge is -2.33. The molecule has 0 bridgehead atoms. The summed E-state index contributed by atoms with van der Waals surface area (Å²) in [5, 5.41) is 9.35. The van der Waals surface area contributed by atoms with Crippen LogP contribution in [-0.4, -0.2) is 58.4 Å². The van der Waals surface area contributed by atoms with Crippen LogP contribution >= 0.6 is 0 Å². The van der Waals surface area contributed by atoms with Gasteiger partial charge in [-0.2, -0.15) is 26.3 Å². The number of benzene rings is 3. The highest BCUT2D eigenvalue weighted by Gasteiger charge is 2.43. The molecule has 14 heteroatoms. The molecule has 7 nitrogen and oxygen atoms in total. The van der Waals surface area contributed by atoms with E-state index in [1.165, 1.54) is 36.1 Å². The van der Waals surface area contributed by atoms with Crippen molar-refractivity contribution in [1.82, 2.24) is 9.80 Å². The number of aryl methyl sites for hydroxylation is 1. The van der Waals surface area contributed by atoms with E-state index in [1.807, 2.05) is 4.90 Å². The van der Waals surface area contributed by atoms with Gasteiger partial charge >= 0.3 is 24.4 Å². The first-order valence-corrected chi connectivity index (χ1v) is 15.6. The van der Waals surface area contributed by atoms with Gasteiger partial charge in [-0.25, -0.2) is 19.0 Å². The summed E-state index contributed by atoms with van der Waals surface area (Å²) in [5.41, 5.74) is -0.0796. The number of aliphatic imine (C=N–C) groups is 1. The summed E-state index contributed by atoms with van der Waals surface area (Å²) in [6, 6.07) is 9.11. The van der Waals surface area contributed by atoms with E-state index in [0.29, 0.717) is 51.5 Å². The van der Waals surface area contributed by atoms with Crippen LogP contribution in [0, 0.1) is 12.7 Å².